The first-order valence-corrected chi connectivity index (χ1v) is 13.3. The van der Waals surface area contributed by atoms with Crippen LogP contribution < -0.4 is 22.6 Å². The van der Waals surface area contributed by atoms with E-state index in [-0.39, 0.29) is 12.0 Å². The van der Waals surface area contributed by atoms with E-state index in [1.807, 2.05) is 6.07 Å². The van der Waals surface area contributed by atoms with Crippen LogP contribution in [0, 0.1) is 5.41 Å². The second-order valence-corrected chi connectivity index (χ2v) is 10.5. The number of thiophene rings is 1. The molecule has 0 aromatic carbocycles. The molecule has 0 aliphatic rings. The predicted molar refractivity (Wildman–Crippen MR) is 165 cm³/mol. The van der Waals surface area contributed by atoms with Gasteiger partial charge < -0.3 is 27.5 Å². The number of aliphatic imine (C=N–C) groups is 2. The number of halogens is 1. The molecule has 0 bridgehead atoms. The molecular weight excluding hydrogens is 499 g/mol. The van der Waals surface area contributed by atoms with Crippen molar-refractivity contribution >= 4 is 40.1 Å². The molecule has 1 aromatic heterocycles. The highest BCUT2D eigenvalue weighted by Gasteiger charge is 2.20. The molecule has 0 saturated heterocycles. The fourth-order valence-electron chi connectivity index (χ4n) is 3.33. The summed E-state index contributed by atoms with van der Waals surface area (Å²) in [6.07, 6.45) is 8.68. The predicted octanol–water partition coefficient (Wildman–Crippen LogP) is 5.57. The summed E-state index contributed by atoms with van der Waals surface area (Å²) in [7, 11) is 0. The van der Waals surface area contributed by atoms with Gasteiger partial charge in [0.1, 0.15) is 5.84 Å². The van der Waals surface area contributed by atoms with Gasteiger partial charge in [-0.05, 0) is 51.0 Å². The average Bonchev–Trinajstić information content (AvgIpc) is 3.29. The number of nitrogens with zero attached hydrogens (tertiary/aromatic N) is 4. The molecule has 7 N–H and O–H groups in total. The number of nitrogen functional groups attached to an aromatic ring is 1. The summed E-state index contributed by atoms with van der Waals surface area (Å²) >= 11 is 1.40. The summed E-state index contributed by atoms with van der Waals surface area (Å²) in [4.78, 5) is 11.4. The van der Waals surface area contributed by atoms with Crippen molar-refractivity contribution in [2.45, 2.75) is 47.5 Å². The lowest BCUT2D eigenvalue weighted by Crippen LogP contribution is -2.31. The van der Waals surface area contributed by atoms with Crippen LogP contribution in [0.2, 0.25) is 0 Å². The van der Waals surface area contributed by atoms with E-state index in [0.717, 1.165) is 30.1 Å². The number of rotatable bonds is 14. The molecule has 1 rings (SSSR count). The van der Waals surface area contributed by atoms with Crippen LogP contribution in [0.1, 0.15) is 52.3 Å². The van der Waals surface area contributed by atoms with Crippen molar-refractivity contribution in [1.82, 2.24) is 10.2 Å². The van der Waals surface area contributed by atoms with Gasteiger partial charge in [0.15, 0.2) is 0 Å². The van der Waals surface area contributed by atoms with Crippen LogP contribution in [0.15, 0.2) is 81.8 Å². The Balaban J connectivity index is 3.21. The van der Waals surface area contributed by atoms with E-state index in [1.54, 1.807) is 25.1 Å². The fourth-order valence-corrected chi connectivity index (χ4v) is 4.03. The maximum Gasteiger partial charge on any atom is 0.212 e. The van der Waals surface area contributed by atoms with Crippen LogP contribution in [0.3, 0.4) is 0 Å². The van der Waals surface area contributed by atoms with Gasteiger partial charge in [0.05, 0.1) is 28.2 Å². The van der Waals surface area contributed by atoms with Gasteiger partial charge in [-0.3, -0.25) is 4.99 Å². The van der Waals surface area contributed by atoms with Crippen molar-refractivity contribution in [3.63, 3.8) is 0 Å². The molecule has 208 valence electrons. The smallest absolute Gasteiger partial charge is 0.212 e. The second kappa shape index (κ2) is 16.2. The Morgan fingerprint density at radius 1 is 1.26 bits per heavy atom. The van der Waals surface area contributed by atoms with Crippen molar-refractivity contribution in [3.05, 3.63) is 71.6 Å². The van der Waals surface area contributed by atoms with Crippen molar-refractivity contribution in [2.24, 2.45) is 32.1 Å². The number of amidine groups is 1. The lowest BCUT2D eigenvalue weighted by molar-refractivity contribution is 0.276. The fraction of sp³-hybridized carbons (Fsp3) is 0.393. The topological polar surface area (TPSA) is 130 Å². The maximum absolute atomic E-state index is 13.5. The molecule has 0 amide bonds. The average molecular weight is 543 g/mol. The number of hydrogen-bond donors (Lipinski definition) is 4. The van der Waals surface area contributed by atoms with Crippen molar-refractivity contribution in [3.8, 4) is 0 Å². The van der Waals surface area contributed by atoms with E-state index in [0.29, 0.717) is 34.2 Å². The van der Waals surface area contributed by atoms with Gasteiger partial charge in [-0.15, -0.1) is 11.3 Å². The summed E-state index contributed by atoms with van der Waals surface area (Å²) < 4.78 is 13.5. The molecule has 0 aliphatic heterocycles. The minimum absolute atomic E-state index is 0.0165. The first-order chi connectivity index (χ1) is 17.9. The highest BCUT2D eigenvalue weighted by Crippen LogP contribution is 2.27. The zero-order valence-electron chi connectivity index (χ0n) is 23.3. The minimum atomic E-state index is -0.593. The molecule has 0 fully saturated rings. The SMILES string of the molecule is C=C(NC(=N/C/C=C/N=C(F)\C=C/C)/C(/C=N\N)=C(\N)CCCN(CC)C(=C)C(C)(C)C)c1ccc(N)s1. The second-order valence-electron chi connectivity index (χ2n) is 9.43. The number of nitrogens with two attached hydrogens (primary N) is 3. The van der Waals surface area contributed by atoms with Gasteiger partial charge >= 0.3 is 0 Å². The minimum Gasteiger partial charge on any atom is -0.401 e. The molecule has 0 saturated carbocycles. The molecule has 8 nitrogen and oxygen atoms in total. The third-order valence-corrected chi connectivity index (χ3v) is 6.44. The van der Waals surface area contributed by atoms with E-state index in [9.17, 15) is 4.39 Å². The molecule has 0 atom stereocenters. The lowest BCUT2D eigenvalue weighted by atomic mass is 9.91. The van der Waals surface area contributed by atoms with Gasteiger partial charge in [-0.25, -0.2) is 4.99 Å². The van der Waals surface area contributed by atoms with Crippen molar-refractivity contribution in [1.29, 1.82) is 0 Å². The van der Waals surface area contributed by atoms with Crippen LogP contribution in [0.5, 0.6) is 0 Å². The summed E-state index contributed by atoms with van der Waals surface area (Å²) in [6, 6.07) is 3.68. The van der Waals surface area contributed by atoms with Gasteiger partial charge in [0.25, 0.3) is 0 Å². The van der Waals surface area contributed by atoms with Crippen molar-refractivity contribution < 1.29 is 4.39 Å². The summed E-state index contributed by atoms with van der Waals surface area (Å²) in [5.41, 5.74) is 15.2. The Labute approximate surface area is 231 Å². The molecule has 10 heteroatoms. The molecule has 0 spiro atoms. The Bertz CT molecular complexity index is 1120. The van der Waals surface area contributed by atoms with E-state index < -0.39 is 5.97 Å². The van der Waals surface area contributed by atoms with Crippen LogP contribution >= 0.6 is 11.3 Å². The maximum atomic E-state index is 13.5. The largest absolute Gasteiger partial charge is 0.401 e. The Kier molecular flexibility index (Phi) is 13.8. The highest BCUT2D eigenvalue weighted by atomic mass is 32.1. The Morgan fingerprint density at radius 3 is 2.53 bits per heavy atom. The summed E-state index contributed by atoms with van der Waals surface area (Å²) in [6.45, 7) is 20.6. The number of nitrogens with one attached hydrogen (secondary N) is 1. The first kappa shape index (κ1) is 32.4. The molecule has 0 unspecified atom stereocenters. The van der Waals surface area contributed by atoms with E-state index in [1.165, 1.54) is 29.8 Å². The van der Waals surface area contributed by atoms with Gasteiger partial charge in [-0.2, -0.15) is 9.49 Å². The van der Waals surface area contributed by atoms with E-state index in [2.05, 4.69) is 66.2 Å². The highest BCUT2D eigenvalue weighted by molar-refractivity contribution is 7.16. The number of allylic oxidation sites excluding steroid dienone is 4. The zero-order chi connectivity index (χ0) is 28.7. The van der Waals surface area contributed by atoms with Gasteiger partial charge in [-0.1, -0.05) is 40.0 Å². The summed E-state index contributed by atoms with van der Waals surface area (Å²) in [5.74, 6) is 5.38. The molecule has 38 heavy (non-hydrogen) atoms. The number of hydrazone groups is 1. The molecular formula is C28H43FN8S. The van der Waals surface area contributed by atoms with E-state index in [4.69, 9.17) is 17.3 Å². The monoisotopic (exact) mass is 542 g/mol. The van der Waals surface area contributed by atoms with Crippen molar-refractivity contribution in [2.75, 3.05) is 25.4 Å². The first-order valence-electron chi connectivity index (χ1n) is 12.5. The third kappa shape index (κ3) is 11.2. The molecule has 1 aromatic rings. The molecule has 0 radical (unpaired) electrons. The Hall–Kier alpha value is -3.66. The summed E-state index contributed by atoms with van der Waals surface area (Å²) in [5, 5.41) is 7.61. The van der Waals surface area contributed by atoms with Crippen LogP contribution in [0.4, 0.5) is 9.39 Å². The zero-order valence-corrected chi connectivity index (χ0v) is 24.1. The normalized spacial score (nSPS) is 13.9. The third-order valence-electron chi connectivity index (χ3n) is 5.46. The lowest BCUT2D eigenvalue weighted by Gasteiger charge is -2.33. The standard InChI is InChI=1S/C28H43FN8S/c1-8-12-25(29)33-16-11-17-34-27(36-20(3)24-14-15-26(31)38-24)22(19-35-32)23(30)13-10-18-37(9-2)21(4)28(5,6)7/h8,11-12,14-16,19H,3-4,9-10,13,17-18,30-32H2,1-2,5-7H3,(H,34,36)/b12-8-,16-11+,23-22-,33-25+,35-19-. The van der Waals surface area contributed by atoms with E-state index >= 15 is 0 Å². The van der Waals surface area contributed by atoms with Crippen LogP contribution in [-0.4, -0.2) is 42.5 Å². The number of anilines is 1. The van der Waals surface area contributed by atoms with Gasteiger partial charge in [0, 0.05) is 41.8 Å². The quantitative estimate of drug-likeness (QED) is 0.106. The molecule has 1 heterocycles. The molecule has 0 aliphatic carbocycles. The number of hydrogen-bond acceptors (Lipinski definition) is 8. The van der Waals surface area contributed by atoms with Gasteiger partial charge in [0.2, 0.25) is 5.97 Å². The van der Waals surface area contributed by atoms with Crippen LogP contribution in [0.25, 0.3) is 5.70 Å². The van der Waals surface area contributed by atoms with Crippen LogP contribution in [-0.2, 0) is 0 Å². The Morgan fingerprint density at radius 2 is 1.97 bits per heavy atom.